The summed E-state index contributed by atoms with van der Waals surface area (Å²) in [6.45, 7) is 5.65. The van der Waals surface area contributed by atoms with Crippen molar-refractivity contribution in [1.29, 1.82) is 0 Å². The van der Waals surface area contributed by atoms with Crippen molar-refractivity contribution in [3.63, 3.8) is 0 Å². The quantitative estimate of drug-likeness (QED) is 0.785. The van der Waals surface area contributed by atoms with Crippen molar-refractivity contribution in [2.75, 3.05) is 6.54 Å². The van der Waals surface area contributed by atoms with E-state index in [1.54, 1.807) is 11.3 Å². The molecule has 23 heavy (non-hydrogen) atoms. The molecule has 0 saturated heterocycles. The molecular weight excluding hydrogens is 308 g/mol. The second-order valence-electron chi connectivity index (χ2n) is 6.44. The molecule has 1 aliphatic heterocycles. The lowest BCUT2D eigenvalue weighted by Gasteiger charge is -2.26. The first kappa shape index (κ1) is 14.5. The third-order valence-electron chi connectivity index (χ3n) is 4.56. The number of fused-ring (bicyclic) bond motifs is 2. The SMILES string of the molecule is CC(C)c1nc2c(n1C)CCN(C(=O)c1cc3sccc3[nH]1)C2. The first-order chi connectivity index (χ1) is 11.0. The second kappa shape index (κ2) is 5.23. The Morgan fingerprint density at radius 1 is 1.43 bits per heavy atom. The maximum Gasteiger partial charge on any atom is 0.270 e. The van der Waals surface area contributed by atoms with E-state index in [4.69, 9.17) is 4.98 Å². The minimum absolute atomic E-state index is 0.0656. The average Bonchev–Trinajstić information content (AvgIpc) is 3.19. The molecule has 4 heterocycles. The summed E-state index contributed by atoms with van der Waals surface area (Å²) in [5.74, 6) is 1.56. The van der Waals surface area contributed by atoms with Crippen LogP contribution in [0.3, 0.4) is 0 Å². The fourth-order valence-electron chi connectivity index (χ4n) is 3.37. The lowest BCUT2D eigenvalue weighted by atomic mass is 10.1. The summed E-state index contributed by atoms with van der Waals surface area (Å²) in [5, 5.41) is 2.03. The van der Waals surface area contributed by atoms with Gasteiger partial charge in [0.25, 0.3) is 5.91 Å². The van der Waals surface area contributed by atoms with Gasteiger partial charge in [-0.2, -0.15) is 0 Å². The largest absolute Gasteiger partial charge is 0.350 e. The van der Waals surface area contributed by atoms with Crippen LogP contribution >= 0.6 is 11.3 Å². The van der Waals surface area contributed by atoms with Gasteiger partial charge in [0, 0.05) is 31.6 Å². The molecule has 0 unspecified atom stereocenters. The Labute approximate surface area is 138 Å². The molecular formula is C17H20N4OS. The molecule has 6 heteroatoms. The second-order valence-corrected chi connectivity index (χ2v) is 7.38. The Balaban J connectivity index is 1.61. The number of imidazole rings is 1. The summed E-state index contributed by atoms with van der Waals surface area (Å²) in [5.41, 5.74) is 4.03. The van der Waals surface area contributed by atoms with Crippen LogP contribution in [0.25, 0.3) is 10.2 Å². The zero-order chi connectivity index (χ0) is 16.1. The van der Waals surface area contributed by atoms with E-state index < -0.39 is 0 Å². The molecule has 3 aromatic rings. The fourth-order valence-corrected chi connectivity index (χ4v) is 4.16. The van der Waals surface area contributed by atoms with Gasteiger partial charge in [-0.1, -0.05) is 13.8 Å². The number of aromatic nitrogens is 3. The summed E-state index contributed by atoms with van der Waals surface area (Å²) in [6.07, 6.45) is 0.867. The highest BCUT2D eigenvalue weighted by Crippen LogP contribution is 2.26. The average molecular weight is 328 g/mol. The number of nitrogens with one attached hydrogen (secondary N) is 1. The summed E-state index contributed by atoms with van der Waals surface area (Å²) < 4.78 is 3.33. The zero-order valence-electron chi connectivity index (χ0n) is 13.6. The van der Waals surface area contributed by atoms with Crippen LogP contribution < -0.4 is 0 Å². The van der Waals surface area contributed by atoms with E-state index in [1.807, 2.05) is 22.4 Å². The maximum absolute atomic E-state index is 12.8. The Kier molecular flexibility index (Phi) is 3.30. The van der Waals surface area contributed by atoms with Gasteiger partial charge in [-0.25, -0.2) is 4.98 Å². The molecule has 4 rings (SSSR count). The standard InChI is InChI=1S/C17H20N4OS/c1-10(2)16-19-13-9-21(6-4-14(13)20(16)3)17(22)12-8-15-11(18-12)5-7-23-15/h5,7-8,10,18H,4,6,9H2,1-3H3. The minimum Gasteiger partial charge on any atom is -0.350 e. The number of carbonyl (C=O) groups is 1. The summed E-state index contributed by atoms with van der Waals surface area (Å²) >= 11 is 1.65. The van der Waals surface area contributed by atoms with Gasteiger partial charge in [0.2, 0.25) is 0 Å². The van der Waals surface area contributed by atoms with Gasteiger partial charge in [-0.3, -0.25) is 4.79 Å². The lowest BCUT2D eigenvalue weighted by molar-refractivity contribution is 0.0726. The van der Waals surface area contributed by atoms with E-state index in [-0.39, 0.29) is 5.91 Å². The molecule has 0 fully saturated rings. The van der Waals surface area contributed by atoms with E-state index in [0.29, 0.717) is 18.2 Å². The molecule has 0 aromatic carbocycles. The van der Waals surface area contributed by atoms with Gasteiger partial charge in [-0.15, -0.1) is 11.3 Å². The Morgan fingerprint density at radius 3 is 3.00 bits per heavy atom. The van der Waals surface area contributed by atoms with Gasteiger partial charge < -0.3 is 14.5 Å². The molecule has 0 atom stereocenters. The van der Waals surface area contributed by atoms with Gasteiger partial charge in [0.05, 0.1) is 22.5 Å². The minimum atomic E-state index is 0.0656. The number of rotatable bonds is 2. The van der Waals surface area contributed by atoms with E-state index in [9.17, 15) is 4.79 Å². The van der Waals surface area contributed by atoms with Gasteiger partial charge in [-0.05, 0) is 17.5 Å². The van der Waals surface area contributed by atoms with E-state index in [0.717, 1.165) is 34.7 Å². The molecule has 0 bridgehead atoms. The highest BCUT2D eigenvalue weighted by atomic mass is 32.1. The molecule has 0 aliphatic carbocycles. The number of aromatic amines is 1. The topological polar surface area (TPSA) is 53.9 Å². The number of hydrogen-bond donors (Lipinski definition) is 1. The zero-order valence-corrected chi connectivity index (χ0v) is 14.4. The van der Waals surface area contributed by atoms with Crippen LogP contribution in [0.15, 0.2) is 17.5 Å². The lowest BCUT2D eigenvalue weighted by Crippen LogP contribution is -2.36. The molecule has 0 spiro atoms. The van der Waals surface area contributed by atoms with Crippen LogP contribution in [0.5, 0.6) is 0 Å². The van der Waals surface area contributed by atoms with Crippen molar-refractivity contribution >= 4 is 27.5 Å². The first-order valence-electron chi connectivity index (χ1n) is 7.94. The van der Waals surface area contributed by atoms with Crippen molar-refractivity contribution in [1.82, 2.24) is 19.4 Å². The predicted molar refractivity (Wildman–Crippen MR) is 91.9 cm³/mol. The first-order valence-corrected chi connectivity index (χ1v) is 8.82. The van der Waals surface area contributed by atoms with Crippen LogP contribution in [0.4, 0.5) is 0 Å². The van der Waals surface area contributed by atoms with E-state index in [1.165, 1.54) is 5.69 Å². The van der Waals surface area contributed by atoms with Gasteiger partial charge in [0.1, 0.15) is 11.5 Å². The van der Waals surface area contributed by atoms with Gasteiger partial charge in [0.15, 0.2) is 0 Å². The van der Waals surface area contributed by atoms with Crippen molar-refractivity contribution in [2.24, 2.45) is 7.05 Å². The van der Waals surface area contributed by atoms with Gasteiger partial charge >= 0.3 is 0 Å². The van der Waals surface area contributed by atoms with Crippen molar-refractivity contribution in [3.8, 4) is 0 Å². The van der Waals surface area contributed by atoms with Crippen molar-refractivity contribution < 1.29 is 4.79 Å². The molecule has 120 valence electrons. The molecule has 1 aliphatic rings. The summed E-state index contributed by atoms with van der Waals surface area (Å²) in [4.78, 5) is 22.7. The van der Waals surface area contributed by atoms with Crippen LogP contribution in [-0.4, -0.2) is 31.9 Å². The fraction of sp³-hybridized carbons (Fsp3) is 0.412. The number of hydrogen-bond acceptors (Lipinski definition) is 3. The van der Waals surface area contributed by atoms with Crippen LogP contribution in [0, 0.1) is 0 Å². The number of thiophene rings is 1. The van der Waals surface area contributed by atoms with Crippen LogP contribution in [-0.2, 0) is 20.0 Å². The monoisotopic (exact) mass is 328 g/mol. The van der Waals surface area contributed by atoms with Crippen LogP contribution in [0.1, 0.15) is 47.5 Å². The number of amides is 1. The molecule has 0 radical (unpaired) electrons. The van der Waals surface area contributed by atoms with Crippen LogP contribution in [0.2, 0.25) is 0 Å². The number of H-pyrrole nitrogens is 1. The summed E-state index contributed by atoms with van der Waals surface area (Å²) in [7, 11) is 2.08. The number of carbonyl (C=O) groups excluding carboxylic acids is 1. The highest BCUT2D eigenvalue weighted by Gasteiger charge is 2.27. The Morgan fingerprint density at radius 2 is 2.26 bits per heavy atom. The Bertz CT molecular complexity index is 857. The maximum atomic E-state index is 12.8. The highest BCUT2D eigenvalue weighted by molar-refractivity contribution is 7.17. The van der Waals surface area contributed by atoms with Crippen molar-refractivity contribution in [3.05, 3.63) is 40.4 Å². The Hall–Kier alpha value is -2.08. The summed E-state index contributed by atoms with van der Waals surface area (Å²) in [6, 6.07) is 3.97. The number of nitrogens with zero attached hydrogens (tertiary/aromatic N) is 3. The molecule has 1 amide bonds. The molecule has 0 saturated carbocycles. The molecule has 1 N–H and O–H groups in total. The third-order valence-corrected chi connectivity index (χ3v) is 5.43. The smallest absolute Gasteiger partial charge is 0.270 e. The predicted octanol–water partition coefficient (Wildman–Crippen LogP) is 3.28. The van der Waals surface area contributed by atoms with E-state index in [2.05, 4.69) is 30.4 Å². The third kappa shape index (κ3) is 2.28. The molecule has 3 aromatic heterocycles. The molecule has 5 nitrogen and oxygen atoms in total. The van der Waals surface area contributed by atoms with E-state index >= 15 is 0 Å². The van der Waals surface area contributed by atoms with Crippen molar-refractivity contribution in [2.45, 2.75) is 32.7 Å². The normalized spacial score (nSPS) is 14.7.